The van der Waals surface area contributed by atoms with Crippen molar-refractivity contribution < 1.29 is 19.5 Å². The minimum absolute atomic E-state index is 0.0352. The number of aliphatic carboxylic acids is 1. The Morgan fingerprint density at radius 1 is 1.33 bits per heavy atom. The van der Waals surface area contributed by atoms with E-state index < -0.39 is 11.4 Å². The first-order chi connectivity index (χ1) is 9.81. The molecule has 1 aliphatic heterocycles. The molecule has 6 heteroatoms. The molecule has 2 rings (SSSR count). The second-order valence-electron chi connectivity index (χ2n) is 5.73. The second kappa shape index (κ2) is 5.55. The Hall–Kier alpha value is -2.37. The summed E-state index contributed by atoms with van der Waals surface area (Å²) in [6.07, 6.45) is -0.0573. The molecular weight excluding hydrogens is 272 g/mol. The molecular formula is C15H18N2O4. The number of rotatable bonds is 4. The first kappa shape index (κ1) is 15.0. The second-order valence-corrected chi connectivity index (χ2v) is 5.73. The van der Waals surface area contributed by atoms with Gasteiger partial charge in [0, 0.05) is 11.1 Å². The topological polar surface area (TPSA) is 86.7 Å². The van der Waals surface area contributed by atoms with Gasteiger partial charge in [-0.25, -0.2) is 0 Å². The number of hydrogen-bond acceptors (Lipinski definition) is 3. The van der Waals surface area contributed by atoms with Gasteiger partial charge in [0.15, 0.2) is 0 Å². The number of anilines is 1. The lowest BCUT2D eigenvalue weighted by Crippen LogP contribution is -2.52. The van der Waals surface area contributed by atoms with Gasteiger partial charge in [0.2, 0.25) is 11.8 Å². The van der Waals surface area contributed by atoms with Crippen LogP contribution in [0, 0.1) is 0 Å². The highest BCUT2D eigenvalue weighted by Gasteiger charge is 2.32. The van der Waals surface area contributed by atoms with Crippen LogP contribution >= 0.6 is 0 Å². The van der Waals surface area contributed by atoms with Crippen LogP contribution in [-0.2, 0) is 19.8 Å². The van der Waals surface area contributed by atoms with Crippen molar-refractivity contribution in [1.82, 2.24) is 5.32 Å². The molecule has 0 bridgehead atoms. The monoisotopic (exact) mass is 290 g/mol. The van der Waals surface area contributed by atoms with Crippen molar-refractivity contribution in [3.63, 3.8) is 0 Å². The number of carbonyl (C=O) groups is 3. The van der Waals surface area contributed by atoms with E-state index in [0.29, 0.717) is 5.69 Å². The molecule has 0 aromatic heterocycles. The van der Waals surface area contributed by atoms with Crippen molar-refractivity contribution in [2.45, 2.75) is 25.7 Å². The third-order valence-corrected chi connectivity index (χ3v) is 3.56. The van der Waals surface area contributed by atoms with E-state index in [9.17, 15) is 14.4 Å². The molecule has 1 heterocycles. The number of para-hydroxylation sites is 1. The molecule has 0 spiro atoms. The summed E-state index contributed by atoms with van der Waals surface area (Å²) in [7, 11) is 0. The predicted molar refractivity (Wildman–Crippen MR) is 77.1 cm³/mol. The van der Waals surface area contributed by atoms with E-state index in [0.717, 1.165) is 5.56 Å². The van der Waals surface area contributed by atoms with Gasteiger partial charge in [-0.15, -0.1) is 0 Å². The lowest BCUT2D eigenvalue weighted by Gasteiger charge is -2.33. The molecule has 0 unspecified atom stereocenters. The zero-order valence-corrected chi connectivity index (χ0v) is 12.0. The van der Waals surface area contributed by atoms with Crippen molar-refractivity contribution in [2.75, 3.05) is 18.0 Å². The Morgan fingerprint density at radius 2 is 2.00 bits per heavy atom. The summed E-state index contributed by atoms with van der Waals surface area (Å²) < 4.78 is 0. The summed E-state index contributed by atoms with van der Waals surface area (Å²) in [5.74, 6) is -1.33. The number of nitrogens with zero attached hydrogens (tertiary/aromatic N) is 1. The highest BCUT2D eigenvalue weighted by molar-refractivity contribution is 6.05. The molecule has 0 aliphatic carbocycles. The van der Waals surface area contributed by atoms with Crippen LogP contribution in [0.3, 0.4) is 0 Å². The van der Waals surface area contributed by atoms with Crippen LogP contribution < -0.4 is 10.2 Å². The van der Waals surface area contributed by atoms with E-state index in [1.54, 1.807) is 24.3 Å². The molecule has 6 nitrogen and oxygen atoms in total. The largest absolute Gasteiger partial charge is 0.481 e. The molecule has 1 aromatic rings. The van der Waals surface area contributed by atoms with E-state index in [1.807, 2.05) is 13.8 Å². The molecule has 0 radical (unpaired) electrons. The maximum absolute atomic E-state index is 12.0. The summed E-state index contributed by atoms with van der Waals surface area (Å²) in [4.78, 5) is 36.0. The fraction of sp³-hybridized carbons (Fsp3) is 0.400. The fourth-order valence-electron chi connectivity index (χ4n) is 2.53. The molecule has 1 fully saturated rings. The van der Waals surface area contributed by atoms with Crippen molar-refractivity contribution in [3.8, 4) is 0 Å². The molecule has 112 valence electrons. The van der Waals surface area contributed by atoms with E-state index in [-0.39, 0.29) is 31.3 Å². The van der Waals surface area contributed by atoms with Crippen LogP contribution in [0.4, 0.5) is 5.69 Å². The van der Waals surface area contributed by atoms with E-state index in [4.69, 9.17) is 5.11 Å². The van der Waals surface area contributed by atoms with Gasteiger partial charge in [0.25, 0.3) is 0 Å². The van der Waals surface area contributed by atoms with Gasteiger partial charge in [0.1, 0.15) is 6.54 Å². The number of amides is 2. The summed E-state index contributed by atoms with van der Waals surface area (Å²) in [5.41, 5.74) is 0.704. The SMILES string of the molecule is CC(C)(CC(=O)O)c1ccccc1N1CC(=O)NCC1=O. The van der Waals surface area contributed by atoms with E-state index in [2.05, 4.69) is 5.32 Å². The Labute approximate surface area is 122 Å². The molecule has 0 saturated carbocycles. The van der Waals surface area contributed by atoms with Crippen molar-refractivity contribution in [3.05, 3.63) is 29.8 Å². The minimum Gasteiger partial charge on any atom is -0.481 e. The highest BCUT2D eigenvalue weighted by atomic mass is 16.4. The Balaban J connectivity index is 2.43. The summed E-state index contributed by atoms with van der Waals surface area (Å²) >= 11 is 0. The van der Waals surface area contributed by atoms with E-state index >= 15 is 0 Å². The normalized spacial score (nSPS) is 15.8. The third-order valence-electron chi connectivity index (χ3n) is 3.56. The lowest BCUT2D eigenvalue weighted by molar-refractivity contribution is -0.138. The predicted octanol–water partition coefficient (Wildman–Crippen LogP) is 0.902. The first-order valence-electron chi connectivity index (χ1n) is 6.69. The van der Waals surface area contributed by atoms with Gasteiger partial charge in [-0.2, -0.15) is 0 Å². The van der Waals surface area contributed by atoms with Crippen molar-refractivity contribution in [1.29, 1.82) is 0 Å². The Kier molecular flexibility index (Phi) is 3.97. The van der Waals surface area contributed by atoms with Gasteiger partial charge < -0.3 is 15.3 Å². The molecule has 0 atom stereocenters. The maximum atomic E-state index is 12.0. The number of carboxylic acids is 1. The molecule has 2 amide bonds. The third kappa shape index (κ3) is 3.21. The maximum Gasteiger partial charge on any atom is 0.304 e. The standard InChI is InChI=1S/C15H18N2O4/c1-15(2,7-14(20)21)10-5-3-4-6-11(10)17-9-12(18)16-8-13(17)19/h3-6H,7-9H2,1-2H3,(H,16,18)(H,20,21). The lowest BCUT2D eigenvalue weighted by atomic mass is 9.80. The van der Waals surface area contributed by atoms with Crippen LogP contribution in [0.15, 0.2) is 24.3 Å². The summed E-state index contributed by atoms with van der Waals surface area (Å²) in [6.45, 7) is 3.55. The summed E-state index contributed by atoms with van der Waals surface area (Å²) in [5, 5.41) is 11.6. The van der Waals surface area contributed by atoms with Crippen molar-refractivity contribution in [2.24, 2.45) is 0 Å². The van der Waals surface area contributed by atoms with Gasteiger partial charge >= 0.3 is 5.97 Å². The van der Waals surface area contributed by atoms with Crippen LogP contribution in [0.1, 0.15) is 25.8 Å². The highest BCUT2D eigenvalue weighted by Crippen LogP contribution is 2.35. The quantitative estimate of drug-likeness (QED) is 0.862. The van der Waals surface area contributed by atoms with Crippen LogP contribution in [-0.4, -0.2) is 36.0 Å². The number of benzene rings is 1. The average molecular weight is 290 g/mol. The minimum atomic E-state index is -0.905. The smallest absolute Gasteiger partial charge is 0.304 e. The molecule has 1 aliphatic rings. The summed E-state index contributed by atoms with van der Waals surface area (Å²) in [6, 6.07) is 7.12. The van der Waals surface area contributed by atoms with Crippen LogP contribution in [0.25, 0.3) is 0 Å². The number of carbonyl (C=O) groups excluding carboxylic acids is 2. The van der Waals surface area contributed by atoms with Gasteiger partial charge in [-0.3, -0.25) is 14.4 Å². The fourth-order valence-corrected chi connectivity index (χ4v) is 2.53. The van der Waals surface area contributed by atoms with E-state index in [1.165, 1.54) is 4.90 Å². The number of carboxylic acid groups (broad SMARTS) is 1. The van der Waals surface area contributed by atoms with Crippen LogP contribution in [0.5, 0.6) is 0 Å². The molecule has 1 aromatic carbocycles. The number of hydrogen-bond donors (Lipinski definition) is 2. The van der Waals surface area contributed by atoms with Gasteiger partial charge in [-0.05, 0) is 11.6 Å². The molecule has 1 saturated heterocycles. The molecule has 21 heavy (non-hydrogen) atoms. The van der Waals surface area contributed by atoms with Gasteiger partial charge in [-0.1, -0.05) is 32.0 Å². The zero-order valence-electron chi connectivity index (χ0n) is 12.0. The molecule has 2 N–H and O–H groups in total. The Bertz CT molecular complexity index is 595. The Morgan fingerprint density at radius 3 is 2.67 bits per heavy atom. The van der Waals surface area contributed by atoms with Crippen molar-refractivity contribution >= 4 is 23.5 Å². The average Bonchev–Trinajstić information content (AvgIpc) is 2.40. The van der Waals surface area contributed by atoms with Crippen LogP contribution in [0.2, 0.25) is 0 Å². The number of nitrogens with one attached hydrogen (secondary N) is 1. The first-order valence-corrected chi connectivity index (χ1v) is 6.69. The van der Waals surface area contributed by atoms with Gasteiger partial charge in [0.05, 0.1) is 13.0 Å². The zero-order chi connectivity index (χ0) is 15.6. The number of piperazine rings is 1.